The average Bonchev–Trinajstić information content (AvgIpc) is 3.52. The second kappa shape index (κ2) is 7.85. The van der Waals surface area contributed by atoms with Crippen LogP contribution in [0, 0.1) is 5.82 Å². The molecule has 0 spiro atoms. The van der Waals surface area contributed by atoms with Crippen LogP contribution >= 0.6 is 0 Å². The van der Waals surface area contributed by atoms with Gasteiger partial charge >= 0.3 is 0 Å². The SMILES string of the molecule is Cn1c(-c2ccc(F)cc2)c([C@H]2c3ccccc3C(=O)N2C[C@@H]2CCCO2)c2ccccc21. The molecule has 4 aromatic rings. The van der Waals surface area contributed by atoms with Gasteiger partial charge in [-0.05, 0) is 60.4 Å². The Morgan fingerprint density at radius 3 is 2.55 bits per heavy atom. The number of fused-ring (bicyclic) bond motifs is 2. The Balaban J connectivity index is 1.61. The van der Waals surface area contributed by atoms with Crippen molar-refractivity contribution in [1.82, 2.24) is 9.47 Å². The largest absolute Gasteiger partial charge is 0.376 e. The van der Waals surface area contributed by atoms with Gasteiger partial charge in [-0.15, -0.1) is 0 Å². The molecule has 0 radical (unpaired) electrons. The lowest BCUT2D eigenvalue weighted by molar-refractivity contribution is 0.0501. The van der Waals surface area contributed by atoms with Gasteiger partial charge in [-0.25, -0.2) is 4.39 Å². The number of rotatable bonds is 4. The molecule has 5 heteroatoms. The van der Waals surface area contributed by atoms with Gasteiger partial charge in [-0.2, -0.15) is 0 Å². The summed E-state index contributed by atoms with van der Waals surface area (Å²) in [6, 6.07) is 22.6. The fraction of sp³-hybridized carbons (Fsp3) is 0.250. The number of carbonyl (C=O) groups excluding carboxylic acids is 1. The van der Waals surface area contributed by atoms with E-state index in [2.05, 4.69) is 22.8 Å². The minimum atomic E-state index is -0.263. The lowest BCUT2D eigenvalue weighted by atomic mass is 9.93. The van der Waals surface area contributed by atoms with E-state index in [4.69, 9.17) is 4.74 Å². The molecule has 1 fully saturated rings. The second-order valence-electron chi connectivity index (χ2n) is 8.93. The fourth-order valence-corrected chi connectivity index (χ4v) is 5.53. The first-order valence-corrected chi connectivity index (χ1v) is 11.5. The van der Waals surface area contributed by atoms with E-state index in [1.54, 1.807) is 0 Å². The number of carbonyl (C=O) groups is 1. The van der Waals surface area contributed by atoms with Crippen LogP contribution in [0.5, 0.6) is 0 Å². The third kappa shape index (κ3) is 3.18. The highest BCUT2D eigenvalue weighted by atomic mass is 19.1. The Hall–Kier alpha value is -3.44. The van der Waals surface area contributed by atoms with E-state index in [1.807, 2.05) is 54.4 Å². The van der Waals surface area contributed by atoms with Crippen molar-refractivity contribution in [2.45, 2.75) is 25.0 Å². The van der Waals surface area contributed by atoms with Crippen molar-refractivity contribution in [3.8, 4) is 11.3 Å². The summed E-state index contributed by atoms with van der Waals surface area (Å²) >= 11 is 0. The molecule has 3 heterocycles. The van der Waals surface area contributed by atoms with Crippen molar-refractivity contribution in [2.75, 3.05) is 13.2 Å². The second-order valence-corrected chi connectivity index (χ2v) is 8.93. The first-order chi connectivity index (χ1) is 16.1. The maximum atomic E-state index is 13.8. The number of hydrogen-bond acceptors (Lipinski definition) is 2. The van der Waals surface area contributed by atoms with Gasteiger partial charge in [-0.3, -0.25) is 4.79 Å². The number of para-hydroxylation sites is 1. The lowest BCUT2D eigenvalue weighted by Gasteiger charge is -2.29. The molecule has 1 amide bonds. The van der Waals surface area contributed by atoms with Gasteiger partial charge in [0.2, 0.25) is 0 Å². The van der Waals surface area contributed by atoms with Crippen LogP contribution in [0.1, 0.15) is 40.4 Å². The molecule has 2 aliphatic heterocycles. The number of ether oxygens (including phenoxy) is 1. The monoisotopic (exact) mass is 440 g/mol. The van der Waals surface area contributed by atoms with Crippen molar-refractivity contribution in [3.05, 3.63) is 95.3 Å². The maximum Gasteiger partial charge on any atom is 0.255 e. The molecule has 0 N–H and O–H groups in total. The first kappa shape index (κ1) is 20.2. The van der Waals surface area contributed by atoms with Gasteiger partial charge < -0.3 is 14.2 Å². The average molecular weight is 441 g/mol. The number of aryl methyl sites for hydroxylation is 1. The molecule has 0 saturated carbocycles. The molecule has 0 unspecified atom stereocenters. The molecule has 1 aromatic heterocycles. The van der Waals surface area contributed by atoms with E-state index in [0.29, 0.717) is 6.54 Å². The molecule has 0 aliphatic carbocycles. The predicted octanol–water partition coefficient (Wildman–Crippen LogP) is 5.71. The molecule has 1 saturated heterocycles. The Morgan fingerprint density at radius 2 is 1.76 bits per heavy atom. The molecule has 2 atom stereocenters. The highest BCUT2D eigenvalue weighted by Gasteiger charge is 2.41. The summed E-state index contributed by atoms with van der Waals surface area (Å²) in [6.45, 7) is 1.31. The molecule has 166 valence electrons. The van der Waals surface area contributed by atoms with Crippen molar-refractivity contribution < 1.29 is 13.9 Å². The summed E-state index contributed by atoms with van der Waals surface area (Å²) < 4.78 is 21.9. The van der Waals surface area contributed by atoms with Gasteiger partial charge in [0.05, 0.1) is 17.8 Å². The van der Waals surface area contributed by atoms with E-state index >= 15 is 0 Å². The summed E-state index contributed by atoms with van der Waals surface area (Å²) in [5, 5.41) is 1.10. The van der Waals surface area contributed by atoms with E-state index in [0.717, 1.165) is 58.3 Å². The molecular weight excluding hydrogens is 415 g/mol. The van der Waals surface area contributed by atoms with E-state index in [1.165, 1.54) is 12.1 Å². The van der Waals surface area contributed by atoms with Gasteiger partial charge in [0.25, 0.3) is 5.91 Å². The zero-order chi connectivity index (χ0) is 22.5. The van der Waals surface area contributed by atoms with Gasteiger partial charge in [0.1, 0.15) is 5.82 Å². The van der Waals surface area contributed by atoms with Crippen molar-refractivity contribution in [1.29, 1.82) is 0 Å². The molecule has 0 bridgehead atoms. The van der Waals surface area contributed by atoms with Gasteiger partial charge in [-0.1, -0.05) is 36.4 Å². The van der Waals surface area contributed by atoms with E-state index in [9.17, 15) is 9.18 Å². The summed E-state index contributed by atoms with van der Waals surface area (Å²) in [5.41, 5.74) is 5.86. The molecule has 3 aromatic carbocycles. The van der Waals surface area contributed by atoms with Crippen LogP contribution in [0.15, 0.2) is 72.8 Å². The summed E-state index contributed by atoms with van der Waals surface area (Å²) in [7, 11) is 2.04. The zero-order valence-electron chi connectivity index (χ0n) is 18.5. The standard InChI is InChI=1S/C28H25FN2O2/c1-30-24-11-5-4-10-23(24)25(26(30)18-12-14-19(29)15-13-18)27-21-8-2-3-9-22(21)28(32)31(27)17-20-7-6-16-33-20/h2-5,8-15,20,27H,6-7,16-17H2,1H3/t20-,27+/m0/s1. The van der Waals surface area contributed by atoms with Crippen molar-refractivity contribution in [3.63, 3.8) is 0 Å². The lowest BCUT2D eigenvalue weighted by Crippen LogP contribution is -2.36. The number of halogens is 1. The minimum Gasteiger partial charge on any atom is -0.376 e. The van der Waals surface area contributed by atoms with Crippen LogP contribution in [0.3, 0.4) is 0 Å². The quantitative estimate of drug-likeness (QED) is 0.407. The van der Waals surface area contributed by atoms with Crippen LogP contribution in [0.4, 0.5) is 4.39 Å². The third-order valence-electron chi connectivity index (χ3n) is 7.02. The van der Waals surface area contributed by atoms with Crippen molar-refractivity contribution in [2.24, 2.45) is 7.05 Å². The van der Waals surface area contributed by atoms with Gasteiger partial charge in [0, 0.05) is 42.2 Å². The first-order valence-electron chi connectivity index (χ1n) is 11.5. The van der Waals surface area contributed by atoms with Crippen LogP contribution in [-0.2, 0) is 11.8 Å². The Morgan fingerprint density at radius 1 is 1.00 bits per heavy atom. The normalized spacial score (nSPS) is 20.1. The molecule has 6 rings (SSSR count). The fourth-order valence-electron chi connectivity index (χ4n) is 5.53. The topological polar surface area (TPSA) is 34.5 Å². The predicted molar refractivity (Wildman–Crippen MR) is 127 cm³/mol. The Labute approximate surface area is 192 Å². The van der Waals surface area contributed by atoms with E-state index < -0.39 is 0 Å². The third-order valence-corrected chi connectivity index (χ3v) is 7.02. The van der Waals surface area contributed by atoms with Crippen molar-refractivity contribution >= 4 is 16.8 Å². The van der Waals surface area contributed by atoms with Crippen LogP contribution in [0.25, 0.3) is 22.2 Å². The van der Waals surface area contributed by atoms with Crippen LogP contribution in [0.2, 0.25) is 0 Å². The number of amides is 1. The molecule has 4 nitrogen and oxygen atoms in total. The Kier molecular flexibility index (Phi) is 4.80. The van der Waals surface area contributed by atoms with Crippen LogP contribution < -0.4 is 0 Å². The highest BCUT2D eigenvalue weighted by molar-refractivity contribution is 6.02. The summed E-state index contributed by atoms with van der Waals surface area (Å²) in [5.74, 6) is -0.218. The molecular formula is C28H25FN2O2. The summed E-state index contributed by atoms with van der Waals surface area (Å²) in [6.07, 6.45) is 2.04. The number of hydrogen-bond donors (Lipinski definition) is 0. The van der Waals surface area contributed by atoms with Gasteiger partial charge in [0.15, 0.2) is 0 Å². The maximum absolute atomic E-state index is 13.8. The minimum absolute atomic E-state index is 0.0455. The molecule has 2 aliphatic rings. The van der Waals surface area contributed by atoms with E-state index in [-0.39, 0.29) is 23.9 Å². The summed E-state index contributed by atoms with van der Waals surface area (Å²) in [4.78, 5) is 15.6. The Bertz CT molecular complexity index is 1350. The zero-order valence-corrected chi connectivity index (χ0v) is 18.5. The number of benzene rings is 3. The highest BCUT2D eigenvalue weighted by Crippen LogP contribution is 2.46. The van der Waals surface area contributed by atoms with Crippen LogP contribution in [-0.4, -0.2) is 34.6 Å². The molecule has 33 heavy (non-hydrogen) atoms. The number of nitrogens with zero attached hydrogens (tertiary/aromatic N) is 2. The smallest absolute Gasteiger partial charge is 0.255 e. The number of aromatic nitrogens is 1.